The molecule has 0 bridgehead atoms. The summed E-state index contributed by atoms with van der Waals surface area (Å²) in [5.74, 6) is -1.87. The number of hydrogen-bond donors (Lipinski definition) is 3. The quantitative estimate of drug-likeness (QED) is 0.687. The summed E-state index contributed by atoms with van der Waals surface area (Å²) in [6.07, 6.45) is 1.10. The van der Waals surface area contributed by atoms with Gasteiger partial charge in [-0.15, -0.1) is 0 Å². The van der Waals surface area contributed by atoms with Gasteiger partial charge in [-0.3, -0.25) is 4.79 Å². The van der Waals surface area contributed by atoms with Crippen molar-refractivity contribution in [3.8, 4) is 0 Å². The van der Waals surface area contributed by atoms with Gasteiger partial charge in [0.15, 0.2) is 0 Å². The fourth-order valence-corrected chi connectivity index (χ4v) is 1.90. The Kier molecular flexibility index (Phi) is 6.02. The van der Waals surface area contributed by atoms with Gasteiger partial charge in [0.1, 0.15) is 6.04 Å². The molecule has 0 fully saturated rings. The Bertz CT molecular complexity index is 420. The van der Waals surface area contributed by atoms with Crippen molar-refractivity contribution in [2.45, 2.75) is 31.7 Å². The second-order valence-corrected chi connectivity index (χ2v) is 4.39. The smallest absolute Gasteiger partial charge is 0.326 e. The monoisotopic (exact) mass is 264 g/mol. The highest BCUT2D eigenvalue weighted by molar-refractivity contribution is 5.88. The maximum Gasteiger partial charge on any atom is 0.326 e. The summed E-state index contributed by atoms with van der Waals surface area (Å²) in [4.78, 5) is 23.1. The van der Waals surface area contributed by atoms with Gasteiger partial charge in [-0.25, -0.2) is 4.79 Å². The highest BCUT2D eigenvalue weighted by atomic mass is 16.4. The Morgan fingerprint density at radius 1 is 1.32 bits per heavy atom. The lowest BCUT2D eigenvalue weighted by atomic mass is 9.98. The van der Waals surface area contributed by atoms with Gasteiger partial charge in [-0.05, 0) is 12.0 Å². The number of carboxylic acids is 1. The van der Waals surface area contributed by atoms with Crippen LogP contribution in [0.2, 0.25) is 0 Å². The van der Waals surface area contributed by atoms with E-state index in [0.717, 1.165) is 5.56 Å². The SMILES string of the molecule is CCC[C@@H](NC(=O)C(CN)c1ccccc1)C(=O)O. The van der Waals surface area contributed by atoms with E-state index in [4.69, 9.17) is 10.8 Å². The average Bonchev–Trinajstić information content (AvgIpc) is 2.40. The van der Waals surface area contributed by atoms with Crippen LogP contribution in [0.1, 0.15) is 31.2 Å². The molecule has 5 heteroatoms. The topological polar surface area (TPSA) is 92.4 Å². The van der Waals surface area contributed by atoms with Crippen molar-refractivity contribution in [1.29, 1.82) is 0 Å². The lowest BCUT2D eigenvalue weighted by Gasteiger charge is -2.19. The Hall–Kier alpha value is -1.88. The third kappa shape index (κ3) is 4.37. The fraction of sp³-hybridized carbons (Fsp3) is 0.429. The molecular weight excluding hydrogens is 244 g/mol. The minimum Gasteiger partial charge on any atom is -0.480 e. The molecule has 1 aromatic rings. The first-order valence-corrected chi connectivity index (χ1v) is 6.38. The third-order valence-corrected chi connectivity index (χ3v) is 2.95. The van der Waals surface area contributed by atoms with Crippen LogP contribution in [0.15, 0.2) is 30.3 Å². The summed E-state index contributed by atoms with van der Waals surface area (Å²) in [5, 5.41) is 11.6. The van der Waals surface area contributed by atoms with Gasteiger partial charge in [-0.1, -0.05) is 43.7 Å². The summed E-state index contributed by atoms with van der Waals surface area (Å²) in [6, 6.07) is 8.28. The highest BCUT2D eigenvalue weighted by Gasteiger charge is 2.24. The predicted octanol–water partition coefficient (Wildman–Crippen LogP) is 1.10. The predicted molar refractivity (Wildman–Crippen MR) is 72.7 cm³/mol. The molecule has 2 atom stereocenters. The van der Waals surface area contributed by atoms with Gasteiger partial charge >= 0.3 is 5.97 Å². The maximum atomic E-state index is 12.1. The molecule has 0 saturated carbocycles. The van der Waals surface area contributed by atoms with Crippen LogP contribution in [-0.2, 0) is 9.59 Å². The molecule has 0 spiro atoms. The summed E-state index contributed by atoms with van der Waals surface area (Å²) < 4.78 is 0. The zero-order valence-electron chi connectivity index (χ0n) is 11.0. The van der Waals surface area contributed by atoms with Crippen molar-refractivity contribution in [3.63, 3.8) is 0 Å². The van der Waals surface area contributed by atoms with E-state index in [-0.39, 0.29) is 12.5 Å². The molecule has 1 amide bonds. The fourth-order valence-electron chi connectivity index (χ4n) is 1.90. The van der Waals surface area contributed by atoms with E-state index in [9.17, 15) is 9.59 Å². The largest absolute Gasteiger partial charge is 0.480 e. The standard InChI is InChI=1S/C14H20N2O3/c1-2-6-12(14(18)19)16-13(17)11(9-15)10-7-4-3-5-8-10/h3-5,7-8,11-12H,2,6,9,15H2,1H3,(H,16,17)(H,18,19)/t11?,12-/m1/s1. The van der Waals surface area contributed by atoms with Crippen LogP contribution < -0.4 is 11.1 Å². The first-order valence-electron chi connectivity index (χ1n) is 6.38. The molecule has 0 radical (unpaired) electrons. The van der Waals surface area contributed by atoms with Crippen LogP contribution >= 0.6 is 0 Å². The Morgan fingerprint density at radius 3 is 2.42 bits per heavy atom. The molecule has 0 aliphatic carbocycles. The van der Waals surface area contributed by atoms with Crippen LogP contribution in [0, 0.1) is 0 Å². The number of nitrogens with two attached hydrogens (primary N) is 1. The summed E-state index contributed by atoms with van der Waals surface area (Å²) >= 11 is 0. The van der Waals surface area contributed by atoms with Crippen molar-refractivity contribution >= 4 is 11.9 Å². The Morgan fingerprint density at radius 2 is 1.95 bits per heavy atom. The third-order valence-electron chi connectivity index (χ3n) is 2.95. The number of hydrogen-bond acceptors (Lipinski definition) is 3. The second-order valence-electron chi connectivity index (χ2n) is 4.39. The van der Waals surface area contributed by atoms with Crippen molar-refractivity contribution in [2.24, 2.45) is 5.73 Å². The number of nitrogens with one attached hydrogen (secondary N) is 1. The molecule has 1 unspecified atom stereocenters. The van der Waals surface area contributed by atoms with E-state index in [2.05, 4.69) is 5.32 Å². The molecular formula is C14H20N2O3. The van der Waals surface area contributed by atoms with Crippen LogP contribution in [0.4, 0.5) is 0 Å². The minimum atomic E-state index is -1.01. The zero-order chi connectivity index (χ0) is 14.3. The van der Waals surface area contributed by atoms with Gasteiger partial charge in [-0.2, -0.15) is 0 Å². The summed E-state index contributed by atoms with van der Waals surface area (Å²) in [7, 11) is 0. The first kappa shape index (κ1) is 15.2. The normalized spacial score (nSPS) is 13.6. The Balaban J connectivity index is 2.76. The van der Waals surface area contributed by atoms with E-state index in [1.54, 1.807) is 0 Å². The van der Waals surface area contributed by atoms with Crippen molar-refractivity contribution in [2.75, 3.05) is 6.54 Å². The number of aliphatic carboxylic acids is 1. The minimum absolute atomic E-state index is 0.147. The van der Waals surface area contributed by atoms with Crippen LogP contribution in [0.3, 0.4) is 0 Å². The van der Waals surface area contributed by atoms with E-state index in [1.165, 1.54) is 0 Å². The number of benzene rings is 1. The number of amides is 1. The maximum absolute atomic E-state index is 12.1. The first-order chi connectivity index (χ1) is 9.10. The van der Waals surface area contributed by atoms with E-state index < -0.39 is 17.9 Å². The number of carbonyl (C=O) groups is 2. The zero-order valence-corrected chi connectivity index (χ0v) is 11.0. The number of carbonyl (C=O) groups excluding carboxylic acids is 1. The van der Waals surface area contributed by atoms with Gasteiger partial charge < -0.3 is 16.2 Å². The van der Waals surface area contributed by atoms with Crippen molar-refractivity contribution < 1.29 is 14.7 Å². The number of rotatable bonds is 7. The van der Waals surface area contributed by atoms with Crippen LogP contribution in [0.25, 0.3) is 0 Å². The van der Waals surface area contributed by atoms with E-state index >= 15 is 0 Å². The molecule has 0 aromatic heterocycles. The molecule has 0 aliphatic rings. The molecule has 1 aromatic carbocycles. The van der Waals surface area contributed by atoms with E-state index in [0.29, 0.717) is 12.8 Å². The molecule has 0 heterocycles. The average molecular weight is 264 g/mol. The number of carboxylic acid groups (broad SMARTS) is 1. The second kappa shape index (κ2) is 7.53. The Labute approximate surface area is 112 Å². The van der Waals surface area contributed by atoms with Crippen LogP contribution in [0.5, 0.6) is 0 Å². The summed E-state index contributed by atoms with van der Waals surface area (Å²) in [6.45, 7) is 2.02. The van der Waals surface area contributed by atoms with Gasteiger partial charge in [0.25, 0.3) is 0 Å². The molecule has 19 heavy (non-hydrogen) atoms. The van der Waals surface area contributed by atoms with Gasteiger partial charge in [0.2, 0.25) is 5.91 Å². The lowest BCUT2D eigenvalue weighted by molar-refractivity contribution is -0.142. The molecule has 5 nitrogen and oxygen atoms in total. The molecule has 0 aliphatic heterocycles. The van der Waals surface area contributed by atoms with Gasteiger partial charge in [0, 0.05) is 6.54 Å². The lowest BCUT2D eigenvalue weighted by Crippen LogP contribution is -2.44. The van der Waals surface area contributed by atoms with E-state index in [1.807, 2.05) is 37.3 Å². The molecule has 4 N–H and O–H groups in total. The van der Waals surface area contributed by atoms with Crippen molar-refractivity contribution in [1.82, 2.24) is 5.32 Å². The molecule has 104 valence electrons. The summed E-state index contributed by atoms with van der Waals surface area (Å²) in [5.41, 5.74) is 6.42. The molecule has 0 saturated heterocycles. The van der Waals surface area contributed by atoms with Crippen molar-refractivity contribution in [3.05, 3.63) is 35.9 Å². The van der Waals surface area contributed by atoms with Crippen LogP contribution in [-0.4, -0.2) is 29.6 Å². The van der Waals surface area contributed by atoms with Gasteiger partial charge in [0.05, 0.1) is 5.92 Å². The highest BCUT2D eigenvalue weighted by Crippen LogP contribution is 2.14. The molecule has 1 rings (SSSR count).